The first-order valence-electron chi connectivity index (χ1n) is 8.48. The molecule has 1 aromatic carbocycles. The molecular formula is C20H23N3O3. The van der Waals surface area contributed by atoms with E-state index in [-0.39, 0.29) is 11.0 Å². The molecule has 0 spiro atoms. The largest absolute Gasteiger partial charge is 0.496 e. The first kappa shape index (κ1) is 17.9. The lowest BCUT2D eigenvalue weighted by Crippen LogP contribution is -2.24. The van der Waals surface area contributed by atoms with E-state index >= 15 is 0 Å². The van der Waals surface area contributed by atoms with E-state index in [1.807, 2.05) is 45.0 Å². The average molecular weight is 353 g/mol. The third-order valence-electron chi connectivity index (χ3n) is 3.94. The van der Waals surface area contributed by atoms with Crippen molar-refractivity contribution in [1.82, 2.24) is 14.8 Å². The molecule has 3 rings (SSSR count). The third kappa shape index (κ3) is 3.69. The van der Waals surface area contributed by atoms with E-state index in [9.17, 15) is 4.79 Å². The molecule has 3 aromatic rings. The molecule has 0 atom stereocenters. The summed E-state index contributed by atoms with van der Waals surface area (Å²) in [6, 6.07) is 10.7. The molecule has 0 N–H and O–H groups in total. The summed E-state index contributed by atoms with van der Waals surface area (Å²) in [5.41, 5.74) is 0.570. The maximum atomic E-state index is 11.9. The van der Waals surface area contributed by atoms with E-state index in [0.717, 1.165) is 11.3 Å². The molecule has 6 heteroatoms. The van der Waals surface area contributed by atoms with Gasteiger partial charge in [-0.05, 0) is 33.8 Å². The smallest absolute Gasteiger partial charge is 0.195 e. The van der Waals surface area contributed by atoms with Crippen LogP contribution in [0.4, 0.5) is 0 Å². The number of methoxy groups -OCH3 is 1. The van der Waals surface area contributed by atoms with Crippen molar-refractivity contribution in [1.29, 1.82) is 0 Å². The van der Waals surface area contributed by atoms with E-state index in [1.165, 1.54) is 12.1 Å². The molecule has 0 unspecified atom stereocenters. The minimum absolute atomic E-state index is 0.113. The van der Waals surface area contributed by atoms with Crippen molar-refractivity contribution in [3.8, 4) is 17.3 Å². The SMILES string of the molecule is COc1ccccc1Cc1nc(-c2cc(=O)cc(C)o2)n(C(C)(C)C)n1. The van der Waals surface area contributed by atoms with Crippen LogP contribution in [0.5, 0.6) is 5.75 Å². The Bertz CT molecular complexity index is 980. The molecule has 0 amide bonds. The summed E-state index contributed by atoms with van der Waals surface area (Å²) in [6.07, 6.45) is 0.524. The maximum absolute atomic E-state index is 11.9. The zero-order chi connectivity index (χ0) is 18.9. The predicted molar refractivity (Wildman–Crippen MR) is 99.5 cm³/mol. The highest BCUT2D eigenvalue weighted by molar-refractivity contribution is 5.47. The minimum atomic E-state index is -0.316. The van der Waals surface area contributed by atoms with Crippen molar-refractivity contribution in [3.63, 3.8) is 0 Å². The molecule has 2 heterocycles. The Balaban J connectivity index is 2.09. The first-order valence-corrected chi connectivity index (χ1v) is 8.48. The van der Waals surface area contributed by atoms with Gasteiger partial charge in [-0.3, -0.25) is 4.79 Å². The minimum Gasteiger partial charge on any atom is -0.496 e. The average Bonchev–Trinajstić information content (AvgIpc) is 2.99. The number of aromatic nitrogens is 3. The fraction of sp³-hybridized carbons (Fsp3) is 0.350. The monoisotopic (exact) mass is 353 g/mol. The van der Waals surface area contributed by atoms with Crippen molar-refractivity contribution in [2.45, 2.75) is 39.7 Å². The maximum Gasteiger partial charge on any atom is 0.195 e. The van der Waals surface area contributed by atoms with E-state index < -0.39 is 0 Å². The van der Waals surface area contributed by atoms with Gasteiger partial charge in [0.15, 0.2) is 22.8 Å². The number of nitrogens with zero attached hydrogens (tertiary/aromatic N) is 3. The van der Waals surface area contributed by atoms with Crippen LogP contribution in [0, 0.1) is 6.92 Å². The number of aryl methyl sites for hydroxylation is 1. The molecule has 6 nitrogen and oxygen atoms in total. The molecule has 2 aromatic heterocycles. The van der Waals surface area contributed by atoms with Crippen LogP contribution in [0.15, 0.2) is 45.6 Å². The van der Waals surface area contributed by atoms with E-state index in [2.05, 4.69) is 10.1 Å². The highest BCUT2D eigenvalue weighted by Crippen LogP contribution is 2.26. The standard InChI is InChI=1S/C20H23N3O3/c1-13-10-15(24)12-17(26-13)19-21-18(22-23(19)20(2,3)4)11-14-8-6-7-9-16(14)25-5/h6-10,12H,11H2,1-5H3. The molecule has 0 aliphatic carbocycles. The highest BCUT2D eigenvalue weighted by atomic mass is 16.5. The van der Waals surface area contributed by atoms with Crippen LogP contribution in [-0.2, 0) is 12.0 Å². The van der Waals surface area contributed by atoms with Crippen molar-refractivity contribution in [3.05, 3.63) is 63.8 Å². The summed E-state index contributed by atoms with van der Waals surface area (Å²) in [7, 11) is 1.65. The second-order valence-electron chi connectivity index (χ2n) is 7.19. The fourth-order valence-corrected chi connectivity index (χ4v) is 2.79. The quantitative estimate of drug-likeness (QED) is 0.717. The Labute approximate surface area is 152 Å². The van der Waals surface area contributed by atoms with Crippen LogP contribution in [0.2, 0.25) is 0 Å². The molecule has 0 aliphatic heterocycles. The summed E-state index contributed by atoms with van der Waals surface area (Å²) < 4.78 is 13.0. The van der Waals surface area contributed by atoms with Crippen molar-refractivity contribution in [2.75, 3.05) is 7.11 Å². The van der Waals surface area contributed by atoms with Crippen LogP contribution in [0.3, 0.4) is 0 Å². The molecular weight excluding hydrogens is 330 g/mol. The zero-order valence-corrected chi connectivity index (χ0v) is 15.7. The van der Waals surface area contributed by atoms with Gasteiger partial charge in [0.2, 0.25) is 0 Å². The number of para-hydroxylation sites is 1. The van der Waals surface area contributed by atoms with Gasteiger partial charge in [-0.15, -0.1) is 0 Å². The Morgan fingerprint density at radius 3 is 2.58 bits per heavy atom. The van der Waals surface area contributed by atoms with Crippen LogP contribution in [0.25, 0.3) is 11.6 Å². The predicted octanol–water partition coefficient (Wildman–Crippen LogP) is 3.56. The number of benzene rings is 1. The van der Waals surface area contributed by atoms with E-state index in [1.54, 1.807) is 18.7 Å². The van der Waals surface area contributed by atoms with Gasteiger partial charge in [-0.25, -0.2) is 9.67 Å². The Hall–Kier alpha value is -2.89. The Morgan fingerprint density at radius 1 is 1.19 bits per heavy atom. The van der Waals surface area contributed by atoms with Gasteiger partial charge in [-0.1, -0.05) is 18.2 Å². The van der Waals surface area contributed by atoms with Crippen LogP contribution in [-0.4, -0.2) is 21.9 Å². The molecule has 0 saturated heterocycles. The molecule has 136 valence electrons. The summed E-state index contributed by atoms with van der Waals surface area (Å²) in [6.45, 7) is 7.85. The molecule has 0 fully saturated rings. The fourth-order valence-electron chi connectivity index (χ4n) is 2.79. The van der Waals surface area contributed by atoms with Crippen molar-refractivity contribution < 1.29 is 9.15 Å². The van der Waals surface area contributed by atoms with Crippen LogP contribution < -0.4 is 10.2 Å². The van der Waals surface area contributed by atoms with Gasteiger partial charge < -0.3 is 9.15 Å². The van der Waals surface area contributed by atoms with Gasteiger partial charge in [0.25, 0.3) is 0 Å². The first-order chi connectivity index (χ1) is 12.3. The molecule has 26 heavy (non-hydrogen) atoms. The topological polar surface area (TPSA) is 70.2 Å². The molecule has 0 saturated carbocycles. The summed E-state index contributed by atoms with van der Waals surface area (Å²) in [4.78, 5) is 16.6. The summed E-state index contributed by atoms with van der Waals surface area (Å²) in [5.74, 6) is 2.95. The lowest BCUT2D eigenvalue weighted by Gasteiger charge is -2.20. The second-order valence-corrected chi connectivity index (χ2v) is 7.19. The summed E-state index contributed by atoms with van der Waals surface area (Å²) >= 11 is 0. The normalized spacial score (nSPS) is 11.6. The number of ether oxygens (including phenoxy) is 1. The van der Waals surface area contributed by atoms with Gasteiger partial charge >= 0.3 is 0 Å². The van der Waals surface area contributed by atoms with Crippen molar-refractivity contribution in [2.24, 2.45) is 0 Å². The zero-order valence-electron chi connectivity index (χ0n) is 15.7. The van der Waals surface area contributed by atoms with E-state index in [4.69, 9.17) is 9.15 Å². The highest BCUT2D eigenvalue weighted by Gasteiger charge is 2.24. The van der Waals surface area contributed by atoms with Gasteiger partial charge in [-0.2, -0.15) is 5.10 Å². The van der Waals surface area contributed by atoms with E-state index in [0.29, 0.717) is 29.6 Å². The molecule has 0 aliphatic rings. The Morgan fingerprint density at radius 2 is 1.92 bits per heavy atom. The molecule has 0 radical (unpaired) electrons. The third-order valence-corrected chi connectivity index (χ3v) is 3.94. The Kier molecular flexibility index (Phi) is 4.68. The number of hydrogen-bond acceptors (Lipinski definition) is 5. The van der Waals surface area contributed by atoms with Gasteiger partial charge in [0, 0.05) is 24.1 Å². The second kappa shape index (κ2) is 6.78. The lowest BCUT2D eigenvalue weighted by atomic mass is 10.1. The van der Waals surface area contributed by atoms with Crippen LogP contribution in [0.1, 0.15) is 37.9 Å². The summed E-state index contributed by atoms with van der Waals surface area (Å²) in [5, 5.41) is 4.68. The van der Waals surface area contributed by atoms with Crippen molar-refractivity contribution >= 4 is 0 Å². The molecule has 0 bridgehead atoms. The van der Waals surface area contributed by atoms with Crippen LogP contribution >= 0.6 is 0 Å². The van der Waals surface area contributed by atoms with Gasteiger partial charge in [0.05, 0.1) is 12.6 Å². The lowest BCUT2D eigenvalue weighted by molar-refractivity contribution is 0.352. The van der Waals surface area contributed by atoms with Gasteiger partial charge in [0.1, 0.15) is 11.5 Å². The number of hydrogen-bond donors (Lipinski definition) is 0. The number of rotatable bonds is 4.